The van der Waals surface area contributed by atoms with E-state index in [-0.39, 0.29) is 17.2 Å². The maximum Gasteiger partial charge on any atom is 0.573 e. The Hall–Kier alpha value is -3.70. The molecule has 7 nitrogen and oxygen atoms in total. The van der Waals surface area contributed by atoms with E-state index < -0.39 is 41.9 Å². The van der Waals surface area contributed by atoms with Crippen LogP contribution in [0.5, 0.6) is 5.75 Å². The zero-order chi connectivity index (χ0) is 28.3. The molecule has 0 saturated carbocycles. The Balaban J connectivity index is 1.57. The van der Waals surface area contributed by atoms with Gasteiger partial charge in [0.1, 0.15) is 16.8 Å². The van der Waals surface area contributed by atoms with Gasteiger partial charge in [-0.1, -0.05) is 37.3 Å². The van der Waals surface area contributed by atoms with Crippen LogP contribution in [-0.4, -0.2) is 46.1 Å². The molecule has 39 heavy (non-hydrogen) atoms. The van der Waals surface area contributed by atoms with Crippen molar-refractivity contribution in [3.8, 4) is 5.75 Å². The van der Waals surface area contributed by atoms with Crippen LogP contribution in [0.3, 0.4) is 0 Å². The maximum absolute atomic E-state index is 13.5. The molecule has 3 atom stereocenters. The molecule has 4 rings (SSSR count). The van der Waals surface area contributed by atoms with Gasteiger partial charge in [-0.05, 0) is 62.1 Å². The van der Waals surface area contributed by atoms with Crippen LogP contribution in [0.2, 0.25) is 0 Å². The minimum absolute atomic E-state index is 0.128. The summed E-state index contributed by atoms with van der Waals surface area (Å²) in [7, 11) is 0. The van der Waals surface area contributed by atoms with E-state index in [9.17, 15) is 32.7 Å². The van der Waals surface area contributed by atoms with Crippen molar-refractivity contribution in [2.75, 3.05) is 5.32 Å². The molecule has 3 aromatic rings. The van der Waals surface area contributed by atoms with Crippen LogP contribution >= 0.6 is 11.3 Å². The van der Waals surface area contributed by atoms with E-state index in [0.717, 1.165) is 22.6 Å². The highest BCUT2D eigenvalue weighted by molar-refractivity contribution is 7.16. The van der Waals surface area contributed by atoms with Gasteiger partial charge in [0.25, 0.3) is 0 Å². The van der Waals surface area contributed by atoms with Crippen molar-refractivity contribution in [2.24, 2.45) is 0 Å². The number of ether oxygens (including phenoxy) is 1. The van der Waals surface area contributed by atoms with Crippen LogP contribution < -0.4 is 10.1 Å². The molecule has 1 aliphatic rings. The van der Waals surface area contributed by atoms with Crippen molar-refractivity contribution < 1.29 is 37.4 Å². The first kappa shape index (κ1) is 28.3. The molecule has 2 N–H and O–H groups in total. The Kier molecular flexibility index (Phi) is 8.41. The van der Waals surface area contributed by atoms with Crippen molar-refractivity contribution in [3.05, 3.63) is 82.2 Å². The van der Waals surface area contributed by atoms with Gasteiger partial charge in [0.15, 0.2) is 5.78 Å². The number of halogens is 3. The minimum Gasteiger partial charge on any atom is -0.480 e. The fourth-order valence-corrected chi connectivity index (χ4v) is 5.83. The van der Waals surface area contributed by atoms with Crippen LogP contribution in [0.4, 0.5) is 18.2 Å². The van der Waals surface area contributed by atoms with E-state index in [0.29, 0.717) is 24.3 Å². The Morgan fingerprint density at radius 2 is 1.77 bits per heavy atom. The molecule has 11 heteroatoms. The van der Waals surface area contributed by atoms with Gasteiger partial charge in [0.05, 0.1) is 11.6 Å². The summed E-state index contributed by atoms with van der Waals surface area (Å²) in [5.41, 5.74) is 1.25. The molecule has 0 bridgehead atoms. The van der Waals surface area contributed by atoms with Gasteiger partial charge in [-0.2, -0.15) is 0 Å². The van der Waals surface area contributed by atoms with Gasteiger partial charge >= 0.3 is 12.3 Å². The van der Waals surface area contributed by atoms with E-state index >= 15 is 0 Å². The van der Waals surface area contributed by atoms with Crippen molar-refractivity contribution >= 4 is 34.0 Å². The molecule has 2 aromatic carbocycles. The number of carbonyl (C=O) groups is 3. The summed E-state index contributed by atoms with van der Waals surface area (Å²) in [6.07, 6.45) is -3.28. The molecule has 206 valence electrons. The number of alkyl halides is 3. The van der Waals surface area contributed by atoms with Gasteiger partial charge in [0, 0.05) is 16.5 Å². The van der Waals surface area contributed by atoms with Crippen molar-refractivity contribution in [1.82, 2.24) is 4.90 Å². The van der Waals surface area contributed by atoms with Crippen LogP contribution in [0.15, 0.2) is 60.7 Å². The molecule has 0 aliphatic carbocycles. The number of rotatable bonds is 9. The number of anilines is 1. The van der Waals surface area contributed by atoms with Crippen molar-refractivity contribution in [3.63, 3.8) is 0 Å². The zero-order valence-corrected chi connectivity index (χ0v) is 22.0. The number of nitrogens with zero attached hydrogens (tertiary/aromatic N) is 1. The number of thiophene rings is 1. The van der Waals surface area contributed by atoms with Crippen molar-refractivity contribution in [2.45, 2.75) is 57.6 Å². The monoisotopic (exact) mass is 560 g/mol. The van der Waals surface area contributed by atoms with Crippen LogP contribution in [-0.2, 0) is 16.0 Å². The topological polar surface area (TPSA) is 95.9 Å². The van der Waals surface area contributed by atoms with E-state index in [4.69, 9.17) is 0 Å². The number of ketones is 1. The molecule has 1 fully saturated rings. The first-order valence-corrected chi connectivity index (χ1v) is 13.2. The third kappa shape index (κ3) is 6.48. The lowest BCUT2D eigenvalue weighted by Crippen LogP contribution is -2.48. The van der Waals surface area contributed by atoms with Crippen LogP contribution in [0, 0.1) is 0 Å². The average Bonchev–Trinajstić information content (AvgIpc) is 3.52. The van der Waals surface area contributed by atoms with Gasteiger partial charge in [-0.15, -0.1) is 24.5 Å². The standard InChI is InChI=1S/C28H27F3N2O5S/c1-3-20-15-21(24(34)18-9-11-19(12-10-18)38-28(29,30)31)26(39-20)32-25(35)16(2)33-22(13-14-23(33)27(36)37)17-7-5-4-6-8-17/h4-12,15-16,22-23H,3,13-14H2,1-2H3,(H,32,35)(H,36,37)/t16?,22-,23-/m1/s1. The number of carboxylic acid groups (broad SMARTS) is 1. The zero-order valence-electron chi connectivity index (χ0n) is 21.2. The third-order valence-corrected chi connectivity index (χ3v) is 7.89. The normalized spacial score (nSPS) is 18.5. The molecule has 2 heterocycles. The fraction of sp³-hybridized carbons (Fsp3) is 0.321. The molecule has 1 saturated heterocycles. The molecule has 1 aromatic heterocycles. The van der Waals surface area contributed by atoms with Gasteiger partial charge < -0.3 is 15.2 Å². The second-order valence-electron chi connectivity index (χ2n) is 9.18. The number of carboxylic acids is 1. The Labute approximate surface area is 227 Å². The minimum atomic E-state index is -4.85. The van der Waals surface area contributed by atoms with Gasteiger partial charge in [0.2, 0.25) is 5.91 Å². The molecular weight excluding hydrogens is 533 g/mol. The quantitative estimate of drug-likeness (QED) is 0.309. The molecule has 1 amide bonds. The number of hydrogen-bond donors (Lipinski definition) is 2. The molecular formula is C28H27F3N2O5S. The predicted octanol–water partition coefficient (Wildman–Crippen LogP) is 6.06. The first-order chi connectivity index (χ1) is 18.5. The smallest absolute Gasteiger partial charge is 0.480 e. The van der Waals surface area contributed by atoms with E-state index in [1.807, 2.05) is 37.3 Å². The molecule has 1 aliphatic heterocycles. The van der Waals surface area contributed by atoms with Crippen LogP contribution in [0.1, 0.15) is 59.1 Å². The lowest BCUT2D eigenvalue weighted by molar-refractivity contribution is -0.274. The number of hydrogen-bond acceptors (Lipinski definition) is 6. The Morgan fingerprint density at radius 3 is 2.36 bits per heavy atom. The lowest BCUT2D eigenvalue weighted by atomic mass is 10.0. The second-order valence-corrected chi connectivity index (χ2v) is 10.3. The van der Waals surface area contributed by atoms with E-state index in [2.05, 4.69) is 10.1 Å². The van der Waals surface area contributed by atoms with Crippen molar-refractivity contribution in [1.29, 1.82) is 0 Å². The summed E-state index contributed by atoms with van der Waals surface area (Å²) in [5.74, 6) is -2.39. The molecule has 1 unspecified atom stereocenters. The van der Waals surface area contributed by atoms with E-state index in [1.165, 1.54) is 23.5 Å². The Morgan fingerprint density at radius 1 is 1.10 bits per heavy atom. The summed E-state index contributed by atoms with van der Waals surface area (Å²) in [6, 6.07) is 13.7. The lowest BCUT2D eigenvalue weighted by Gasteiger charge is -2.33. The summed E-state index contributed by atoms with van der Waals surface area (Å²) in [6.45, 7) is 3.53. The number of aliphatic carboxylic acids is 1. The summed E-state index contributed by atoms with van der Waals surface area (Å²) >= 11 is 1.23. The number of benzene rings is 2. The van der Waals surface area contributed by atoms with Crippen LogP contribution in [0.25, 0.3) is 0 Å². The summed E-state index contributed by atoms with van der Waals surface area (Å²) in [5, 5.41) is 13.0. The highest BCUT2D eigenvalue weighted by atomic mass is 32.1. The summed E-state index contributed by atoms with van der Waals surface area (Å²) < 4.78 is 41.3. The van der Waals surface area contributed by atoms with Gasteiger partial charge in [-0.25, -0.2) is 0 Å². The highest BCUT2D eigenvalue weighted by Crippen LogP contribution is 2.39. The van der Waals surface area contributed by atoms with E-state index in [1.54, 1.807) is 17.9 Å². The van der Waals surface area contributed by atoms with Gasteiger partial charge in [-0.3, -0.25) is 19.3 Å². The average molecular weight is 561 g/mol. The highest BCUT2D eigenvalue weighted by Gasteiger charge is 2.43. The second kappa shape index (κ2) is 11.6. The summed E-state index contributed by atoms with van der Waals surface area (Å²) in [4.78, 5) is 41.3. The predicted molar refractivity (Wildman–Crippen MR) is 140 cm³/mol. The third-order valence-electron chi connectivity index (χ3n) is 6.69. The molecule has 0 radical (unpaired) electrons. The largest absolute Gasteiger partial charge is 0.573 e. The first-order valence-electron chi connectivity index (χ1n) is 12.4. The number of amides is 1. The number of nitrogens with one attached hydrogen (secondary N) is 1. The Bertz CT molecular complexity index is 1340. The number of aryl methyl sites for hydroxylation is 1. The number of carbonyl (C=O) groups excluding carboxylic acids is 2. The molecule has 0 spiro atoms. The maximum atomic E-state index is 13.5. The SMILES string of the molecule is CCc1cc(C(=O)c2ccc(OC(F)(F)F)cc2)c(NC(=O)C(C)N2[C@@H](C(=O)O)CC[C@@H]2c2ccccc2)s1. The number of likely N-dealkylation sites (tertiary alicyclic amines) is 1. The fourth-order valence-electron chi connectivity index (χ4n) is 4.83.